The van der Waals surface area contributed by atoms with Gasteiger partial charge in [-0.3, -0.25) is 9.59 Å². The summed E-state index contributed by atoms with van der Waals surface area (Å²) in [4.78, 5) is 23.4. The fraction of sp³-hybridized carbons (Fsp3) is 0.0714. The van der Waals surface area contributed by atoms with Crippen LogP contribution in [0.3, 0.4) is 0 Å². The van der Waals surface area contributed by atoms with Crippen LogP contribution in [0, 0.1) is 5.21 Å². The first kappa shape index (κ1) is 14.8. The van der Waals surface area contributed by atoms with Crippen LogP contribution in [0.5, 0.6) is 0 Å². The summed E-state index contributed by atoms with van der Waals surface area (Å²) in [6.45, 7) is -0.240. The number of benzene rings is 1. The SMILES string of the molecule is O=C(CNC(=O)c1cccc[n+]1[O-])Nc1ccc(Cl)cc1. The highest BCUT2D eigenvalue weighted by molar-refractivity contribution is 6.30. The van der Waals surface area contributed by atoms with Gasteiger partial charge < -0.3 is 15.8 Å². The van der Waals surface area contributed by atoms with E-state index in [4.69, 9.17) is 11.6 Å². The van der Waals surface area contributed by atoms with Gasteiger partial charge in [0.2, 0.25) is 5.91 Å². The third-order valence-corrected chi connectivity index (χ3v) is 2.85. The molecule has 0 unspecified atom stereocenters. The highest BCUT2D eigenvalue weighted by Gasteiger charge is 2.15. The van der Waals surface area contributed by atoms with Crippen LogP contribution in [0.4, 0.5) is 5.69 Å². The number of hydrogen-bond donors (Lipinski definition) is 2. The van der Waals surface area contributed by atoms with Crippen molar-refractivity contribution in [3.63, 3.8) is 0 Å². The topological polar surface area (TPSA) is 85.1 Å². The molecule has 2 N–H and O–H groups in total. The minimum atomic E-state index is -0.614. The van der Waals surface area contributed by atoms with E-state index in [1.165, 1.54) is 18.3 Å². The van der Waals surface area contributed by atoms with Crippen LogP contribution in [-0.4, -0.2) is 18.4 Å². The number of rotatable bonds is 4. The van der Waals surface area contributed by atoms with Crippen molar-refractivity contribution in [3.05, 3.63) is 64.6 Å². The van der Waals surface area contributed by atoms with E-state index in [1.807, 2.05) is 0 Å². The Morgan fingerprint density at radius 3 is 2.52 bits per heavy atom. The predicted octanol–water partition coefficient (Wildman–Crippen LogP) is 1.34. The van der Waals surface area contributed by atoms with Crippen LogP contribution in [-0.2, 0) is 4.79 Å². The summed E-state index contributed by atoms with van der Waals surface area (Å²) in [5.41, 5.74) is 0.494. The van der Waals surface area contributed by atoms with Gasteiger partial charge in [-0.2, -0.15) is 4.73 Å². The third kappa shape index (κ3) is 4.19. The van der Waals surface area contributed by atoms with Gasteiger partial charge in [0.15, 0.2) is 6.20 Å². The summed E-state index contributed by atoms with van der Waals surface area (Å²) in [6, 6.07) is 11.0. The predicted molar refractivity (Wildman–Crippen MR) is 77.8 cm³/mol. The van der Waals surface area contributed by atoms with Gasteiger partial charge >= 0.3 is 5.91 Å². The largest absolute Gasteiger partial charge is 0.618 e. The molecule has 1 aromatic carbocycles. The number of pyridine rings is 1. The summed E-state index contributed by atoms with van der Waals surface area (Å²) in [6.07, 6.45) is 1.21. The van der Waals surface area contributed by atoms with E-state index in [0.717, 1.165) is 0 Å². The maximum Gasteiger partial charge on any atom is 0.317 e. The first-order chi connectivity index (χ1) is 10.1. The van der Waals surface area contributed by atoms with Gasteiger partial charge in [-0.1, -0.05) is 11.6 Å². The van der Waals surface area contributed by atoms with E-state index in [-0.39, 0.29) is 12.2 Å². The Balaban J connectivity index is 1.88. The Morgan fingerprint density at radius 1 is 1.14 bits per heavy atom. The standard InChI is InChI=1S/C14H12ClN3O3/c15-10-4-6-11(7-5-10)17-13(19)9-16-14(20)12-3-1-2-8-18(12)21/h1-8H,9H2,(H,16,20)(H,17,19). The Hall–Kier alpha value is -2.60. The van der Waals surface area contributed by atoms with E-state index in [2.05, 4.69) is 10.6 Å². The molecule has 7 heteroatoms. The van der Waals surface area contributed by atoms with Crippen molar-refractivity contribution in [1.29, 1.82) is 0 Å². The number of nitrogens with one attached hydrogen (secondary N) is 2. The molecule has 0 aliphatic heterocycles. The molecule has 2 amide bonds. The quantitative estimate of drug-likeness (QED) is 0.660. The Bertz CT molecular complexity index is 659. The average molecular weight is 306 g/mol. The van der Waals surface area contributed by atoms with E-state index in [1.54, 1.807) is 30.3 Å². The second kappa shape index (κ2) is 6.71. The summed E-state index contributed by atoms with van der Waals surface area (Å²) in [7, 11) is 0. The lowest BCUT2D eigenvalue weighted by atomic mass is 10.3. The first-order valence-electron chi connectivity index (χ1n) is 6.08. The molecule has 0 aliphatic rings. The summed E-state index contributed by atoms with van der Waals surface area (Å²) >= 11 is 5.73. The first-order valence-corrected chi connectivity index (χ1v) is 6.46. The van der Waals surface area contributed by atoms with Gasteiger partial charge in [0.05, 0.1) is 6.54 Å². The fourth-order valence-corrected chi connectivity index (χ4v) is 1.72. The molecule has 6 nitrogen and oxygen atoms in total. The molecule has 0 spiro atoms. The number of halogens is 1. The normalized spacial score (nSPS) is 9.95. The van der Waals surface area contributed by atoms with Crippen molar-refractivity contribution in [2.75, 3.05) is 11.9 Å². The van der Waals surface area contributed by atoms with Gasteiger partial charge in [-0.25, -0.2) is 0 Å². The lowest BCUT2D eigenvalue weighted by molar-refractivity contribution is -0.607. The van der Waals surface area contributed by atoms with Crippen LogP contribution in [0.2, 0.25) is 5.02 Å². The van der Waals surface area contributed by atoms with Crippen molar-refractivity contribution in [3.8, 4) is 0 Å². The highest BCUT2D eigenvalue weighted by Crippen LogP contribution is 2.12. The molecule has 0 aliphatic carbocycles. The van der Waals surface area contributed by atoms with Crippen molar-refractivity contribution < 1.29 is 14.3 Å². The summed E-state index contributed by atoms with van der Waals surface area (Å²) in [5.74, 6) is -1.02. The van der Waals surface area contributed by atoms with E-state index in [9.17, 15) is 14.8 Å². The van der Waals surface area contributed by atoms with E-state index < -0.39 is 11.8 Å². The van der Waals surface area contributed by atoms with Gasteiger partial charge in [0.25, 0.3) is 5.69 Å². The maximum absolute atomic E-state index is 11.7. The Morgan fingerprint density at radius 2 is 1.86 bits per heavy atom. The molecule has 2 aromatic rings. The molecule has 0 atom stereocenters. The zero-order valence-corrected chi connectivity index (χ0v) is 11.6. The van der Waals surface area contributed by atoms with Gasteiger partial charge in [-0.15, -0.1) is 0 Å². The van der Waals surface area contributed by atoms with Crippen LogP contribution in [0.1, 0.15) is 10.5 Å². The van der Waals surface area contributed by atoms with Crippen molar-refractivity contribution >= 4 is 29.1 Å². The van der Waals surface area contributed by atoms with Crippen molar-refractivity contribution in [2.45, 2.75) is 0 Å². The molecule has 0 fully saturated rings. The molecular weight excluding hydrogens is 294 g/mol. The summed E-state index contributed by atoms with van der Waals surface area (Å²) in [5, 5.41) is 16.9. The molecule has 1 aromatic heterocycles. The Labute approximate surface area is 125 Å². The smallest absolute Gasteiger partial charge is 0.317 e. The minimum absolute atomic E-state index is 0.0724. The number of aromatic nitrogens is 1. The number of hydrogen-bond acceptors (Lipinski definition) is 3. The van der Waals surface area contributed by atoms with E-state index in [0.29, 0.717) is 15.4 Å². The zero-order chi connectivity index (χ0) is 15.2. The average Bonchev–Trinajstić information content (AvgIpc) is 2.48. The summed E-state index contributed by atoms with van der Waals surface area (Å²) < 4.78 is 0.437. The number of carbonyl (C=O) groups is 2. The van der Waals surface area contributed by atoms with E-state index >= 15 is 0 Å². The van der Waals surface area contributed by atoms with Crippen LogP contribution in [0.25, 0.3) is 0 Å². The molecule has 1 heterocycles. The second-order valence-corrected chi connectivity index (χ2v) is 4.59. The molecule has 21 heavy (non-hydrogen) atoms. The van der Waals surface area contributed by atoms with Crippen molar-refractivity contribution in [2.24, 2.45) is 0 Å². The molecule has 108 valence electrons. The monoisotopic (exact) mass is 305 g/mol. The second-order valence-electron chi connectivity index (χ2n) is 4.15. The number of carbonyl (C=O) groups excluding carboxylic acids is 2. The molecule has 0 radical (unpaired) electrons. The number of nitrogens with zero attached hydrogens (tertiary/aromatic N) is 1. The molecule has 0 saturated carbocycles. The van der Waals surface area contributed by atoms with Crippen molar-refractivity contribution in [1.82, 2.24) is 5.32 Å². The van der Waals surface area contributed by atoms with Crippen LogP contribution >= 0.6 is 11.6 Å². The van der Waals surface area contributed by atoms with Crippen LogP contribution < -0.4 is 15.4 Å². The minimum Gasteiger partial charge on any atom is -0.618 e. The van der Waals surface area contributed by atoms with Gasteiger partial charge in [-0.05, 0) is 30.3 Å². The molecule has 0 bridgehead atoms. The van der Waals surface area contributed by atoms with Crippen LogP contribution in [0.15, 0.2) is 48.7 Å². The maximum atomic E-state index is 11.7. The highest BCUT2D eigenvalue weighted by atomic mass is 35.5. The zero-order valence-electron chi connectivity index (χ0n) is 10.9. The number of anilines is 1. The molecule has 0 saturated heterocycles. The Kier molecular flexibility index (Phi) is 4.73. The lowest BCUT2D eigenvalue weighted by Gasteiger charge is -2.07. The fourth-order valence-electron chi connectivity index (χ4n) is 1.59. The molecular formula is C14H12ClN3O3. The van der Waals surface area contributed by atoms with Gasteiger partial charge in [0, 0.05) is 22.8 Å². The molecule has 2 rings (SSSR count). The third-order valence-electron chi connectivity index (χ3n) is 2.59. The van der Waals surface area contributed by atoms with Gasteiger partial charge in [0.1, 0.15) is 0 Å². The number of amides is 2. The lowest BCUT2D eigenvalue weighted by Crippen LogP contribution is -2.41.